The van der Waals surface area contributed by atoms with E-state index in [2.05, 4.69) is 43.3 Å². The molecule has 1 aromatic carbocycles. The van der Waals surface area contributed by atoms with Crippen LogP contribution in [0.25, 0.3) is 0 Å². The fraction of sp³-hybridized carbons (Fsp3) is 0.471. The molecular weight excluding hydrogens is 434 g/mol. The molecule has 1 N–H and O–H groups in total. The van der Waals surface area contributed by atoms with Gasteiger partial charge < -0.3 is 15.1 Å². The summed E-state index contributed by atoms with van der Waals surface area (Å²) in [6, 6.07) is 7.89. The predicted octanol–water partition coefficient (Wildman–Crippen LogP) is 3.69. The number of nitrogens with one attached hydrogen (secondary N) is 1. The van der Waals surface area contributed by atoms with Crippen LogP contribution in [0.3, 0.4) is 0 Å². The minimum Gasteiger partial charge on any atom is -0.339 e. The average molecular weight is 456 g/mol. The Kier molecular flexibility index (Phi) is 6.91. The SMILES string of the molecule is CCN1CCN(C(=O)C(C)Sc2nnc(Nc3cccc(Br)c3)s2)CC1. The summed E-state index contributed by atoms with van der Waals surface area (Å²) in [6.07, 6.45) is 0. The zero-order chi connectivity index (χ0) is 18.5. The molecule has 0 bridgehead atoms. The Labute approximate surface area is 170 Å². The van der Waals surface area contributed by atoms with Crippen LogP contribution < -0.4 is 5.32 Å². The van der Waals surface area contributed by atoms with Crippen molar-refractivity contribution in [2.45, 2.75) is 23.4 Å². The van der Waals surface area contributed by atoms with E-state index < -0.39 is 0 Å². The van der Waals surface area contributed by atoms with Gasteiger partial charge in [-0.2, -0.15) is 0 Å². The van der Waals surface area contributed by atoms with Gasteiger partial charge >= 0.3 is 0 Å². The highest BCUT2D eigenvalue weighted by Crippen LogP contribution is 2.31. The van der Waals surface area contributed by atoms with Crippen LogP contribution >= 0.6 is 39.0 Å². The highest BCUT2D eigenvalue weighted by atomic mass is 79.9. The van der Waals surface area contributed by atoms with Crippen molar-refractivity contribution in [1.82, 2.24) is 20.0 Å². The molecule has 0 radical (unpaired) electrons. The predicted molar refractivity (Wildman–Crippen MR) is 111 cm³/mol. The molecular formula is C17H22BrN5OS2. The molecule has 0 aliphatic carbocycles. The summed E-state index contributed by atoms with van der Waals surface area (Å²) in [4.78, 5) is 17.0. The van der Waals surface area contributed by atoms with Crippen molar-refractivity contribution in [1.29, 1.82) is 0 Å². The number of aromatic nitrogens is 2. The van der Waals surface area contributed by atoms with Crippen molar-refractivity contribution in [3.8, 4) is 0 Å². The smallest absolute Gasteiger partial charge is 0.235 e. The second-order valence-corrected chi connectivity index (χ2v) is 9.51. The van der Waals surface area contributed by atoms with Gasteiger partial charge in [0.05, 0.1) is 5.25 Å². The second kappa shape index (κ2) is 9.16. The van der Waals surface area contributed by atoms with Gasteiger partial charge in [-0.05, 0) is 31.7 Å². The largest absolute Gasteiger partial charge is 0.339 e. The molecule has 1 aliphatic rings. The Balaban J connectivity index is 1.54. The van der Waals surface area contributed by atoms with E-state index in [0.29, 0.717) is 0 Å². The van der Waals surface area contributed by atoms with Gasteiger partial charge in [-0.1, -0.05) is 52.0 Å². The Morgan fingerprint density at radius 1 is 1.35 bits per heavy atom. The van der Waals surface area contributed by atoms with E-state index in [-0.39, 0.29) is 11.2 Å². The summed E-state index contributed by atoms with van der Waals surface area (Å²) in [5.41, 5.74) is 0.949. The van der Waals surface area contributed by atoms with E-state index in [1.807, 2.05) is 36.1 Å². The third kappa shape index (κ3) is 5.18. The molecule has 1 amide bonds. The number of nitrogens with zero attached hydrogens (tertiary/aromatic N) is 4. The van der Waals surface area contributed by atoms with Crippen LogP contribution in [0.5, 0.6) is 0 Å². The lowest BCUT2D eigenvalue weighted by molar-refractivity contribution is -0.132. The maximum absolute atomic E-state index is 12.7. The first-order valence-corrected chi connectivity index (χ1v) is 11.1. The molecule has 9 heteroatoms. The van der Waals surface area contributed by atoms with Crippen LogP contribution in [-0.4, -0.2) is 63.9 Å². The normalized spacial score (nSPS) is 16.5. The van der Waals surface area contributed by atoms with E-state index in [9.17, 15) is 4.79 Å². The lowest BCUT2D eigenvalue weighted by Crippen LogP contribution is -2.50. The van der Waals surface area contributed by atoms with Gasteiger partial charge in [0.25, 0.3) is 0 Å². The zero-order valence-electron chi connectivity index (χ0n) is 14.8. The van der Waals surface area contributed by atoms with Gasteiger partial charge in [0.2, 0.25) is 11.0 Å². The van der Waals surface area contributed by atoms with Crippen molar-refractivity contribution < 1.29 is 4.79 Å². The zero-order valence-corrected chi connectivity index (χ0v) is 18.0. The molecule has 2 aromatic rings. The summed E-state index contributed by atoms with van der Waals surface area (Å²) in [5, 5.41) is 12.2. The maximum atomic E-state index is 12.7. The highest BCUT2D eigenvalue weighted by molar-refractivity contribution is 9.10. The van der Waals surface area contributed by atoms with E-state index >= 15 is 0 Å². The molecule has 6 nitrogen and oxygen atoms in total. The van der Waals surface area contributed by atoms with Crippen LogP contribution in [0, 0.1) is 0 Å². The molecule has 2 heterocycles. The monoisotopic (exact) mass is 455 g/mol. The van der Waals surface area contributed by atoms with Crippen LogP contribution in [0.2, 0.25) is 0 Å². The van der Waals surface area contributed by atoms with Gasteiger partial charge in [-0.15, -0.1) is 10.2 Å². The van der Waals surface area contributed by atoms with Gasteiger partial charge in [-0.3, -0.25) is 4.79 Å². The number of likely N-dealkylation sites (N-methyl/N-ethyl adjacent to an activating group) is 1. The Morgan fingerprint density at radius 2 is 2.12 bits per heavy atom. The van der Waals surface area contributed by atoms with Gasteiger partial charge in [-0.25, -0.2) is 0 Å². The number of benzene rings is 1. The molecule has 1 unspecified atom stereocenters. The van der Waals surface area contributed by atoms with E-state index in [0.717, 1.165) is 52.4 Å². The number of halogens is 1. The number of carbonyl (C=O) groups is 1. The topological polar surface area (TPSA) is 61.4 Å². The summed E-state index contributed by atoms with van der Waals surface area (Å²) < 4.78 is 1.81. The van der Waals surface area contributed by atoms with Crippen LogP contribution in [0.4, 0.5) is 10.8 Å². The van der Waals surface area contributed by atoms with Gasteiger partial charge in [0.1, 0.15) is 0 Å². The summed E-state index contributed by atoms with van der Waals surface area (Å²) in [7, 11) is 0. The maximum Gasteiger partial charge on any atom is 0.235 e. The molecule has 1 aliphatic heterocycles. The minimum atomic E-state index is -0.158. The molecule has 3 rings (SSSR count). The van der Waals surface area contributed by atoms with Crippen LogP contribution in [-0.2, 0) is 4.79 Å². The summed E-state index contributed by atoms with van der Waals surface area (Å²) in [5.74, 6) is 0.183. The lowest BCUT2D eigenvalue weighted by Gasteiger charge is -2.35. The molecule has 1 fully saturated rings. The molecule has 1 atom stereocenters. The average Bonchev–Trinajstić information content (AvgIpc) is 3.08. The van der Waals surface area contributed by atoms with E-state index in [1.165, 1.54) is 23.1 Å². The third-order valence-electron chi connectivity index (χ3n) is 4.24. The third-order valence-corrected chi connectivity index (χ3v) is 6.74. The number of anilines is 2. The number of carbonyl (C=O) groups excluding carboxylic acids is 1. The molecule has 140 valence electrons. The Bertz CT molecular complexity index is 748. The first kappa shape index (κ1) is 19.6. The van der Waals surface area contributed by atoms with E-state index in [4.69, 9.17) is 0 Å². The fourth-order valence-electron chi connectivity index (χ4n) is 2.74. The van der Waals surface area contributed by atoms with Crippen molar-refractivity contribution >= 4 is 55.8 Å². The number of hydrogen-bond donors (Lipinski definition) is 1. The fourth-order valence-corrected chi connectivity index (χ4v) is 5.14. The molecule has 1 aromatic heterocycles. The van der Waals surface area contributed by atoms with Crippen molar-refractivity contribution in [3.05, 3.63) is 28.7 Å². The second-order valence-electron chi connectivity index (χ2n) is 6.03. The lowest BCUT2D eigenvalue weighted by atomic mass is 10.3. The number of hydrogen-bond acceptors (Lipinski definition) is 7. The standard InChI is InChI=1S/C17H22BrN5OS2/c1-3-22-7-9-23(10-8-22)15(24)12(2)25-17-21-20-16(26-17)19-14-6-4-5-13(18)11-14/h4-6,11-12H,3,7-10H2,1-2H3,(H,19,20). The van der Waals surface area contributed by atoms with Crippen molar-refractivity contribution in [2.24, 2.45) is 0 Å². The number of thioether (sulfide) groups is 1. The molecule has 1 saturated heterocycles. The number of amides is 1. The summed E-state index contributed by atoms with van der Waals surface area (Å²) in [6.45, 7) is 8.68. The van der Waals surface area contributed by atoms with Crippen LogP contribution in [0.15, 0.2) is 33.1 Å². The summed E-state index contributed by atoms with van der Waals surface area (Å²) >= 11 is 6.40. The van der Waals surface area contributed by atoms with Crippen molar-refractivity contribution in [2.75, 3.05) is 38.0 Å². The Morgan fingerprint density at radius 3 is 2.81 bits per heavy atom. The van der Waals surface area contributed by atoms with Gasteiger partial charge in [0.15, 0.2) is 4.34 Å². The quantitative estimate of drug-likeness (QED) is 0.670. The van der Waals surface area contributed by atoms with E-state index in [1.54, 1.807) is 0 Å². The highest BCUT2D eigenvalue weighted by Gasteiger charge is 2.25. The molecule has 0 spiro atoms. The van der Waals surface area contributed by atoms with Gasteiger partial charge in [0, 0.05) is 36.3 Å². The van der Waals surface area contributed by atoms with Crippen molar-refractivity contribution in [3.63, 3.8) is 0 Å². The number of rotatable bonds is 6. The first-order chi connectivity index (χ1) is 12.5. The molecule has 26 heavy (non-hydrogen) atoms. The minimum absolute atomic E-state index is 0.158. The first-order valence-electron chi connectivity index (χ1n) is 8.59. The molecule has 0 saturated carbocycles. The number of piperazine rings is 1. The Hall–Kier alpha value is -1.16. The van der Waals surface area contributed by atoms with Crippen LogP contribution in [0.1, 0.15) is 13.8 Å².